The number of amides is 1. The standard InChI is InChI=1S/C12H22N2O/c1-3-5-7-14-12(15)11-9-10(4-2)6-8-13-11/h3,10-11,13H,1,4-9H2,2H3,(H,14,15). The van der Waals surface area contributed by atoms with Crippen LogP contribution < -0.4 is 10.6 Å². The highest BCUT2D eigenvalue weighted by molar-refractivity contribution is 5.81. The maximum absolute atomic E-state index is 11.7. The molecule has 0 saturated carbocycles. The summed E-state index contributed by atoms with van der Waals surface area (Å²) in [4.78, 5) is 11.7. The summed E-state index contributed by atoms with van der Waals surface area (Å²) in [5.74, 6) is 0.858. The van der Waals surface area contributed by atoms with Gasteiger partial charge < -0.3 is 10.6 Å². The molecule has 15 heavy (non-hydrogen) atoms. The second-order valence-electron chi connectivity index (χ2n) is 4.17. The quantitative estimate of drug-likeness (QED) is 0.533. The summed E-state index contributed by atoms with van der Waals surface area (Å²) < 4.78 is 0. The topological polar surface area (TPSA) is 41.1 Å². The lowest BCUT2D eigenvalue weighted by Gasteiger charge is -2.28. The van der Waals surface area contributed by atoms with E-state index >= 15 is 0 Å². The lowest BCUT2D eigenvalue weighted by atomic mass is 9.90. The molecule has 0 aromatic heterocycles. The highest BCUT2D eigenvalue weighted by atomic mass is 16.2. The predicted molar refractivity (Wildman–Crippen MR) is 62.6 cm³/mol. The summed E-state index contributed by atoms with van der Waals surface area (Å²) in [5.41, 5.74) is 0. The number of piperidine rings is 1. The maximum Gasteiger partial charge on any atom is 0.237 e. The number of rotatable bonds is 5. The van der Waals surface area contributed by atoms with Crippen molar-refractivity contribution in [3.8, 4) is 0 Å². The lowest BCUT2D eigenvalue weighted by Crippen LogP contribution is -2.48. The molecule has 1 aliphatic heterocycles. The average Bonchev–Trinajstić information content (AvgIpc) is 2.29. The Labute approximate surface area is 92.3 Å². The van der Waals surface area contributed by atoms with Gasteiger partial charge in [0.25, 0.3) is 0 Å². The normalized spacial score (nSPS) is 25.9. The molecular weight excluding hydrogens is 188 g/mol. The Morgan fingerprint density at radius 3 is 3.13 bits per heavy atom. The molecule has 2 N–H and O–H groups in total. The van der Waals surface area contributed by atoms with E-state index in [1.54, 1.807) is 0 Å². The first-order valence-corrected chi connectivity index (χ1v) is 5.90. The van der Waals surface area contributed by atoms with Gasteiger partial charge in [-0.1, -0.05) is 19.4 Å². The van der Waals surface area contributed by atoms with Crippen LogP contribution in [0.2, 0.25) is 0 Å². The fraction of sp³-hybridized carbons (Fsp3) is 0.750. The first-order chi connectivity index (χ1) is 7.27. The van der Waals surface area contributed by atoms with Crippen molar-refractivity contribution in [1.29, 1.82) is 0 Å². The van der Waals surface area contributed by atoms with Crippen LogP contribution in [-0.2, 0) is 4.79 Å². The maximum atomic E-state index is 11.7. The highest BCUT2D eigenvalue weighted by Gasteiger charge is 2.25. The number of hydrogen-bond donors (Lipinski definition) is 2. The van der Waals surface area contributed by atoms with E-state index in [1.807, 2.05) is 6.08 Å². The summed E-state index contributed by atoms with van der Waals surface area (Å²) in [7, 11) is 0. The van der Waals surface area contributed by atoms with Gasteiger partial charge in [-0.25, -0.2) is 0 Å². The summed E-state index contributed by atoms with van der Waals surface area (Å²) in [6.07, 6.45) is 6.03. The third-order valence-corrected chi connectivity index (χ3v) is 3.05. The molecule has 0 spiro atoms. The number of carbonyl (C=O) groups is 1. The van der Waals surface area contributed by atoms with Crippen LogP contribution in [0.5, 0.6) is 0 Å². The third kappa shape index (κ3) is 4.04. The molecule has 0 bridgehead atoms. The Bertz CT molecular complexity index is 216. The van der Waals surface area contributed by atoms with Gasteiger partial charge in [-0.05, 0) is 31.7 Å². The average molecular weight is 210 g/mol. The van der Waals surface area contributed by atoms with Crippen LogP contribution in [-0.4, -0.2) is 25.0 Å². The van der Waals surface area contributed by atoms with E-state index in [-0.39, 0.29) is 11.9 Å². The van der Waals surface area contributed by atoms with Crippen molar-refractivity contribution in [1.82, 2.24) is 10.6 Å². The van der Waals surface area contributed by atoms with Gasteiger partial charge >= 0.3 is 0 Å². The Balaban J connectivity index is 2.28. The molecule has 2 atom stereocenters. The summed E-state index contributed by atoms with van der Waals surface area (Å²) in [5, 5.41) is 6.20. The van der Waals surface area contributed by atoms with Crippen molar-refractivity contribution in [2.24, 2.45) is 5.92 Å². The van der Waals surface area contributed by atoms with Crippen molar-refractivity contribution >= 4 is 5.91 Å². The zero-order valence-corrected chi connectivity index (χ0v) is 9.59. The molecule has 1 fully saturated rings. The zero-order chi connectivity index (χ0) is 11.1. The number of carbonyl (C=O) groups excluding carboxylic acids is 1. The van der Waals surface area contributed by atoms with Crippen molar-refractivity contribution < 1.29 is 4.79 Å². The number of hydrogen-bond acceptors (Lipinski definition) is 2. The van der Waals surface area contributed by atoms with Gasteiger partial charge in [-0.2, -0.15) is 0 Å². The van der Waals surface area contributed by atoms with E-state index in [4.69, 9.17) is 0 Å². The van der Waals surface area contributed by atoms with Crippen LogP contribution in [0.4, 0.5) is 0 Å². The molecule has 3 heteroatoms. The third-order valence-electron chi connectivity index (χ3n) is 3.05. The molecule has 2 unspecified atom stereocenters. The number of nitrogens with one attached hydrogen (secondary N) is 2. The summed E-state index contributed by atoms with van der Waals surface area (Å²) in [6.45, 7) is 7.50. The van der Waals surface area contributed by atoms with E-state index < -0.39 is 0 Å². The second-order valence-corrected chi connectivity index (χ2v) is 4.17. The fourth-order valence-corrected chi connectivity index (χ4v) is 1.99. The SMILES string of the molecule is C=CCCNC(=O)C1CC(CC)CCN1. The minimum absolute atomic E-state index is 0.0218. The fourth-order valence-electron chi connectivity index (χ4n) is 1.99. The second kappa shape index (κ2) is 6.62. The Hall–Kier alpha value is -0.830. The molecule has 1 heterocycles. The molecule has 0 aliphatic carbocycles. The summed E-state index contributed by atoms with van der Waals surface area (Å²) >= 11 is 0. The van der Waals surface area contributed by atoms with E-state index in [0.29, 0.717) is 12.5 Å². The predicted octanol–water partition coefficient (Wildman–Crippen LogP) is 1.46. The van der Waals surface area contributed by atoms with Crippen LogP contribution in [0.1, 0.15) is 32.6 Å². The Morgan fingerprint density at radius 2 is 2.47 bits per heavy atom. The van der Waals surface area contributed by atoms with Crippen LogP contribution in [0.25, 0.3) is 0 Å². The van der Waals surface area contributed by atoms with E-state index in [1.165, 1.54) is 12.8 Å². The molecule has 86 valence electrons. The van der Waals surface area contributed by atoms with E-state index in [9.17, 15) is 4.79 Å². The van der Waals surface area contributed by atoms with Gasteiger partial charge in [0.15, 0.2) is 0 Å². The summed E-state index contributed by atoms with van der Waals surface area (Å²) in [6, 6.07) is 0.0218. The van der Waals surface area contributed by atoms with Crippen molar-refractivity contribution in [3.05, 3.63) is 12.7 Å². The molecule has 1 rings (SSSR count). The molecule has 0 aromatic carbocycles. The van der Waals surface area contributed by atoms with E-state index in [2.05, 4.69) is 24.1 Å². The minimum Gasteiger partial charge on any atom is -0.354 e. The van der Waals surface area contributed by atoms with Gasteiger partial charge in [0, 0.05) is 6.54 Å². The van der Waals surface area contributed by atoms with Gasteiger partial charge in [0.2, 0.25) is 5.91 Å². The van der Waals surface area contributed by atoms with Crippen molar-refractivity contribution in [2.45, 2.75) is 38.6 Å². The van der Waals surface area contributed by atoms with Crippen molar-refractivity contribution in [3.63, 3.8) is 0 Å². The Morgan fingerprint density at radius 1 is 1.67 bits per heavy atom. The molecule has 1 aliphatic rings. The molecule has 1 amide bonds. The zero-order valence-electron chi connectivity index (χ0n) is 9.59. The van der Waals surface area contributed by atoms with E-state index in [0.717, 1.165) is 19.4 Å². The first-order valence-electron chi connectivity index (χ1n) is 5.90. The molecular formula is C12H22N2O. The van der Waals surface area contributed by atoms with Crippen LogP contribution in [0.15, 0.2) is 12.7 Å². The minimum atomic E-state index is 0.0218. The van der Waals surface area contributed by atoms with Crippen LogP contribution in [0.3, 0.4) is 0 Å². The van der Waals surface area contributed by atoms with Gasteiger partial charge in [-0.15, -0.1) is 6.58 Å². The van der Waals surface area contributed by atoms with Crippen LogP contribution >= 0.6 is 0 Å². The first kappa shape index (κ1) is 12.2. The smallest absolute Gasteiger partial charge is 0.237 e. The van der Waals surface area contributed by atoms with Gasteiger partial charge in [0.05, 0.1) is 6.04 Å². The Kier molecular flexibility index (Phi) is 5.40. The monoisotopic (exact) mass is 210 g/mol. The molecule has 0 aromatic rings. The largest absolute Gasteiger partial charge is 0.354 e. The molecule has 1 saturated heterocycles. The van der Waals surface area contributed by atoms with Crippen LogP contribution in [0, 0.1) is 5.92 Å². The molecule has 3 nitrogen and oxygen atoms in total. The lowest BCUT2D eigenvalue weighted by molar-refractivity contribution is -0.124. The van der Waals surface area contributed by atoms with Crippen molar-refractivity contribution in [2.75, 3.05) is 13.1 Å². The highest BCUT2D eigenvalue weighted by Crippen LogP contribution is 2.19. The van der Waals surface area contributed by atoms with Gasteiger partial charge in [0.1, 0.15) is 0 Å². The van der Waals surface area contributed by atoms with Gasteiger partial charge in [-0.3, -0.25) is 4.79 Å². The molecule has 0 radical (unpaired) electrons.